The molecule has 0 aromatic carbocycles. The van der Waals surface area contributed by atoms with Crippen LogP contribution in [-0.4, -0.2) is 18.8 Å². The van der Waals surface area contributed by atoms with Crippen LogP contribution >= 0.6 is 11.3 Å². The monoisotopic (exact) mass is 267 g/mol. The van der Waals surface area contributed by atoms with Crippen LogP contribution in [0.3, 0.4) is 0 Å². The van der Waals surface area contributed by atoms with Crippen LogP contribution in [0, 0.1) is 0 Å². The molecule has 0 saturated heterocycles. The third-order valence-corrected chi connectivity index (χ3v) is 5.01. The molecule has 0 saturated carbocycles. The van der Waals surface area contributed by atoms with Gasteiger partial charge in [-0.25, -0.2) is 0 Å². The fourth-order valence-corrected chi connectivity index (χ4v) is 3.86. The minimum atomic E-state index is -0.0381. The second-order valence-electron chi connectivity index (χ2n) is 5.96. The molecule has 1 aliphatic rings. The van der Waals surface area contributed by atoms with Crippen molar-refractivity contribution in [1.29, 1.82) is 0 Å². The molecule has 2 nitrogen and oxygen atoms in total. The van der Waals surface area contributed by atoms with Crippen molar-refractivity contribution in [3.8, 4) is 0 Å². The summed E-state index contributed by atoms with van der Waals surface area (Å²) in [5.41, 5.74) is 1.56. The molecule has 1 unspecified atom stereocenters. The third kappa shape index (κ3) is 3.56. The van der Waals surface area contributed by atoms with Crippen LogP contribution in [0.5, 0.6) is 0 Å². The predicted octanol–water partition coefficient (Wildman–Crippen LogP) is 3.53. The number of fused-ring (bicyclic) bond motifs is 1. The fraction of sp³-hybridized carbons (Fsp3) is 0.733. The van der Waals surface area contributed by atoms with Gasteiger partial charge in [-0.3, -0.25) is 0 Å². The Morgan fingerprint density at radius 1 is 1.44 bits per heavy atom. The summed E-state index contributed by atoms with van der Waals surface area (Å²) in [6.45, 7) is 7.52. The van der Waals surface area contributed by atoms with Crippen molar-refractivity contribution in [3.63, 3.8) is 0 Å². The van der Waals surface area contributed by atoms with E-state index in [1.807, 2.05) is 11.3 Å². The van der Waals surface area contributed by atoms with E-state index in [2.05, 4.69) is 32.2 Å². The highest BCUT2D eigenvalue weighted by Gasteiger charge is 2.20. The summed E-state index contributed by atoms with van der Waals surface area (Å²) < 4.78 is 5.47. The van der Waals surface area contributed by atoms with Crippen molar-refractivity contribution in [1.82, 2.24) is 5.32 Å². The maximum absolute atomic E-state index is 5.47. The molecule has 1 atom stereocenters. The Kier molecular flexibility index (Phi) is 4.46. The van der Waals surface area contributed by atoms with E-state index in [1.54, 1.807) is 17.6 Å². The van der Waals surface area contributed by atoms with Crippen LogP contribution in [0.1, 0.15) is 48.9 Å². The van der Waals surface area contributed by atoms with Crippen molar-refractivity contribution >= 4 is 11.3 Å². The highest BCUT2D eigenvalue weighted by atomic mass is 32.1. The molecular formula is C15H25NOS. The SMILES string of the molecule is COC(C)(C)CC(C)NCc1cc2c(s1)CCC2. The number of thiophene rings is 1. The second kappa shape index (κ2) is 5.72. The highest BCUT2D eigenvalue weighted by Crippen LogP contribution is 2.30. The summed E-state index contributed by atoms with van der Waals surface area (Å²) in [6, 6.07) is 2.88. The van der Waals surface area contributed by atoms with E-state index >= 15 is 0 Å². The molecule has 0 amide bonds. The minimum Gasteiger partial charge on any atom is -0.379 e. The zero-order chi connectivity index (χ0) is 13.2. The molecule has 3 heteroatoms. The first-order chi connectivity index (χ1) is 8.50. The summed E-state index contributed by atoms with van der Waals surface area (Å²) in [6.07, 6.45) is 4.98. The lowest BCUT2D eigenvalue weighted by molar-refractivity contribution is 0.00846. The Morgan fingerprint density at radius 2 is 2.22 bits per heavy atom. The molecular weight excluding hydrogens is 242 g/mol. The molecule has 1 N–H and O–H groups in total. The average molecular weight is 267 g/mol. The lowest BCUT2D eigenvalue weighted by atomic mass is 10.00. The standard InChI is InChI=1S/C15H25NOS/c1-11(9-15(2,3)17-4)16-10-13-8-12-6-5-7-14(12)18-13/h8,11,16H,5-7,9-10H2,1-4H3. The molecule has 0 radical (unpaired) electrons. The first-order valence-corrected chi connectivity index (χ1v) is 7.71. The maximum atomic E-state index is 5.47. The van der Waals surface area contributed by atoms with Gasteiger partial charge in [0, 0.05) is 29.5 Å². The largest absolute Gasteiger partial charge is 0.379 e. The van der Waals surface area contributed by atoms with Crippen molar-refractivity contribution in [3.05, 3.63) is 21.4 Å². The van der Waals surface area contributed by atoms with Gasteiger partial charge in [0.2, 0.25) is 0 Å². The van der Waals surface area contributed by atoms with Crippen LogP contribution in [0.15, 0.2) is 6.07 Å². The number of nitrogens with one attached hydrogen (secondary N) is 1. The number of aryl methyl sites for hydroxylation is 2. The molecule has 18 heavy (non-hydrogen) atoms. The van der Waals surface area contributed by atoms with E-state index in [0.717, 1.165) is 13.0 Å². The maximum Gasteiger partial charge on any atom is 0.0637 e. The quantitative estimate of drug-likeness (QED) is 0.851. The number of hydrogen-bond donors (Lipinski definition) is 1. The van der Waals surface area contributed by atoms with Crippen LogP contribution in [-0.2, 0) is 24.1 Å². The molecule has 1 aliphatic carbocycles. The lowest BCUT2D eigenvalue weighted by Gasteiger charge is -2.27. The minimum absolute atomic E-state index is 0.0381. The number of hydrogen-bond acceptors (Lipinski definition) is 3. The highest BCUT2D eigenvalue weighted by molar-refractivity contribution is 7.12. The van der Waals surface area contributed by atoms with Gasteiger partial charge in [-0.05, 0) is 58.1 Å². The van der Waals surface area contributed by atoms with E-state index < -0.39 is 0 Å². The first kappa shape index (κ1) is 14.0. The van der Waals surface area contributed by atoms with E-state index in [1.165, 1.54) is 24.1 Å². The van der Waals surface area contributed by atoms with Gasteiger partial charge in [-0.2, -0.15) is 0 Å². The average Bonchev–Trinajstić information content (AvgIpc) is 2.85. The van der Waals surface area contributed by atoms with Gasteiger partial charge in [0.05, 0.1) is 5.60 Å². The van der Waals surface area contributed by atoms with Gasteiger partial charge in [-0.15, -0.1) is 11.3 Å². The van der Waals surface area contributed by atoms with E-state index in [4.69, 9.17) is 4.74 Å². The van der Waals surface area contributed by atoms with Crippen LogP contribution in [0.25, 0.3) is 0 Å². The van der Waals surface area contributed by atoms with Crippen molar-refractivity contribution < 1.29 is 4.74 Å². The number of methoxy groups -OCH3 is 1. The van der Waals surface area contributed by atoms with Gasteiger partial charge < -0.3 is 10.1 Å². The second-order valence-corrected chi connectivity index (χ2v) is 7.19. The summed E-state index contributed by atoms with van der Waals surface area (Å²) in [7, 11) is 1.79. The molecule has 0 spiro atoms. The van der Waals surface area contributed by atoms with Gasteiger partial charge in [0.25, 0.3) is 0 Å². The van der Waals surface area contributed by atoms with Gasteiger partial charge in [0.15, 0.2) is 0 Å². The zero-order valence-electron chi connectivity index (χ0n) is 12.0. The predicted molar refractivity (Wildman–Crippen MR) is 78.4 cm³/mol. The van der Waals surface area contributed by atoms with E-state index in [-0.39, 0.29) is 5.60 Å². The summed E-state index contributed by atoms with van der Waals surface area (Å²) in [5, 5.41) is 3.61. The molecule has 1 aromatic heterocycles. The topological polar surface area (TPSA) is 21.3 Å². The molecule has 0 bridgehead atoms. The Labute approximate surface area is 115 Å². The van der Waals surface area contributed by atoms with Crippen molar-refractivity contribution in [2.24, 2.45) is 0 Å². The smallest absolute Gasteiger partial charge is 0.0637 e. The van der Waals surface area contributed by atoms with Crippen LogP contribution in [0.2, 0.25) is 0 Å². The number of ether oxygens (including phenoxy) is 1. The van der Waals surface area contributed by atoms with E-state index in [0.29, 0.717) is 6.04 Å². The van der Waals surface area contributed by atoms with Gasteiger partial charge in [0.1, 0.15) is 0 Å². The fourth-order valence-electron chi connectivity index (χ4n) is 2.65. The van der Waals surface area contributed by atoms with E-state index in [9.17, 15) is 0 Å². The van der Waals surface area contributed by atoms with Gasteiger partial charge >= 0.3 is 0 Å². The lowest BCUT2D eigenvalue weighted by Crippen LogP contribution is -2.35. The van der Waals surface area contributed by atoms with Crippen LogP contribution < -0.4 is 5.32 Å². The molecule has 1 heterocycles. The third-order valence-electron chi connectivity index (χ3n) is 3.77. The summed E-state index contributed by atoms with van der Waals surface area (Å²) in [5.74, 6) is 0. The summed E-state index contributed by atoms with van der Waals surface area (Å²) in [4.78, 5) is 3.11. The first-order valence-electron chi connectivity index (χ1n) is 6.89. The Morgan fingerprint density at radius 3 is 2.89 bits per heavy atom. The van der Waals surface area contributed by atoms with Crippen molar-refractivity contribution in [2.75, 3.05) is 7.11 Å². The Balaban J connectivity index is 1.80. The molecule has 102 valence electrons. The summed E-state index contributed by atoms with van der Waals surface area (Å²) >= 11 is 1.99. The van der Waals surface area contributed by atoms with Crippen LogP contribution in [0.4, 0.5) is 0 Å². The normalized spacial score (nSPS) is 16.9. The van der Waals surface area contributed by atoms with Crippen molar-refractivity contribution in [2.45, 2.75) is 64.6 Å². The molecule has 1 aromatic rings. The molecule has 0 aliphatic heterocycles. The molecule has 2 rings (SSSR count). The Hall–Kier alpha value is -0.380. The zero-order valence-corrected chi connectivity index (χ0v) is 12.8. The molecule has 0 fully saturated rings. The number of rotatable bonds is 6. The van der Waals surface area contributed by atoms with Gasteiger partial charge in [-0.1, -0.05) is 0 Å². The Bertz CT molecular complexity index is 376.